The van der Waals surface area contributed by atoms with E-state index in [0.29, 0.717) is 11.7 Å². The van der Waals surface area contributed by atoms with Gasteiger partial charge in [0.05, 0.1) is 5.54 Å². The standard InChI is InChI=1S/C22H33N5O2/c1-4-11-22(3,23)21(28)27-15-13-26(14-16-27)12-5-6-19-24-20(25-29-19)18-9-7-17(2)8-10-18/h7-10H,4-6,11-16,23H2,1-3H3. The van der Waals surface area contributed by atoms with Gasteiger partial charge in [0, 0.05) is 38.2 Å². The van der Waals surface area contributed by atoms with Crippen molar-refractivity contribution in [1.29, 1.82) is 0 Å². The van der Waals surface area contributed by atoms with E-state index in [-0.39, 0.29) is 5.91 Å². The molecule has 1 atom stereocenters. The molecular formula is C22H33N5O2. The lowest BCUT2D eigenvalue weighted by Crippen LogP contribution is -2.58. The minimum atomic E-state index is -0.746. The van der Waals surface area contributed by atoms with Crippen LogP contribution in [0.2, 0.25) is 0 Å². The minimum Gasteiger partial charge on any atom is -0.339 e. The first-order chi connectivity index (χ1) is 13.9. The molecule has 1 unspecified atom stereocenters. The molecule has 0 bridgehead atoms. The first kappa shape index (κ1) is 21.5. The average molecular weight is 400 g/mol. The summed E-state index contributed by atoms with van der Waals surface area (Å²) in [6.45, 7) is 10.2. The lowest BCUT2D eigenvalue weighted by atomic mass is 9.95. The van der Waals surface area contributed by atoms with Gasteiger partial charge in [0.2, 0.25) is 17.6 Å². The lowest BCUT2D eigenvalue weighted by molar-refractivity contribution is -0.138. The number of aryl methyl sites for hydroxylation is 2. The van der Waals surface area contributed by atoms with E-state index < -0.39 is 5.54 Å². The number of hydrogen-bond acceptors (Lipinski definition) is 6. The molecule has 3 rings (SSSR count). The van der Waals surface area contributed by atoms with Crippen LogP contribution in [0.3, 0.4) is 0 Å². The van der Waals surface area contributed by atoms with Crippen molar-refractivity contribution in [1.82, 2.24) is 19.9 Å². The van der Waals surface area contributed by atoms with Gasteiger partial charge in [-0.2, -0.15) is 4.98 Å². The Morgan fingerprint density at radius 1 is 1.21 bits per heavy atom. The van der Waals surface area contributed by atoms with Crippen molar-refractivity contribution in [3.05, 3.63) is 35.7 Å². The molecule has 7 heteroatoms. The molecule has 1 amide bonds. The molecule has 158 valence electrons. The van der Waals surface area contributed by atoms with Crippen LogP contribution >= 0.6 is 0 Å². The van der Waals surface area contributed by atoms with Crippen molar-refractivity contribution in [2.45, 2.75) is 52.0 Å². The SMILES string of the molecule is CCCC(C)(N)C(=O)N1CCN(CCCc2nc(-c3ccc(C)cc3)no2)CC1. The van der Waals surface area contributed by atoms with Gasteiger partial charge in [0.25, 0.3) is 0 Å². The van der Waals surface area contributed by atoms with Crippen molar-refractivity contribution in [2.24, 2.45) is 5.73 Å². The fourth-order valence-corrected chi connectivity index (χ4v) is 3.79. The molecule has 0 saturated carbocycles. The number of rotatable bonds is 8. The lowest BCUT2D eigenvalue weighted by Gasteiger charge is -2.38. The summed E-state index contributed by atoms with van der Waals surface area (Å²) in [7, 11) is 0. The predicted octanol–water partition coefficient (Wildman–Crippen LogP) is 2.64. The molecule has 1 aliphatic rings. The highest BCUT2D eigenvalue weighted by molar-refractivity contribution is 5.85. The van der Waals surface area contributed by atoms with E-state index in [0.717, 1.165) is 64.0 Å². The summed E-state index contributed by atoms with van der Waals surface area (Å²) >= 11 is 0. The van der Waals surface area contributed by atoms with E-state index in [1.165, 1.54) is 5.56 Å². The molecule has 29 heavy (non-hydrogen) atoms. The van der Waals surface area contributed by atoms with Gasteiger partial charge in [-0.3, -0.25) is 9.69 Å². The minimum absolute atomic E-state index is 0.0773. The zero-order valence-corrected chi connectivity index (χ0v) is 17.9. The Hall–Kier alpha value is -2.25. The van der Waals surface area contributed by atoms with E-state index >= 15 is 0 Å². The highest BCUT2D eigenvalue weighted by atomic mass is 16.5. The number of amides is 1. The van der Waals surface area contributed by atoms with Gasteiger partial charge in [-0.25, -0.2) is 0 Å². The van der Waals surface area contributed by atoms with Crippen LogP contribution in [0.15, 0.2) is 28.8 Å². The fraction of sp³-hybridized carbons (Fsp3) is 0.591. The van der Waals surface area contributed by atoms with Crippen LogP contribution in [-0.4, -0.2) is 64.1 Å². The van der Waals surface area contributed by atoms with Crippen LogP contribution in [0.1, 0.15) is 44.6 Å². The van der Waals surface area contributed by atoms with Gasteiger partial charge in [0.1, 0.15) is 0 Å². The number of hydrogen-bond donors (Lipinski definition) is 1. The molecule has 1 aromatic carbocycles. The van der Waals surface area contributed by atoms with Crippen LogP contribution in [0.4, 0.5) is 0 Å². The van der Waals surface area contributed by atoms with Gasteiger partial charge < -0.3 is 15.2 Å². The molecule has 0 radical (unpaired) electrons. The maximum absolute atomic E-state index is 12.6. The number of nitrogens with zero attached hydrogens (tertiary/aromatic N) is 4. The predicted molar refractivity (Wildman–Crippen MR) is 113 cm³/mol. The fourth-order valence-electron chi connectivity index (χ4n) is 3.79. The molecule has 1 fully saturated rings. The maximum Gasteiger partial charge on any atom is 0.242 e. The van der Waals surface area contributed by atoms with E-state index in [2.05, 4.69) is 28.9 Å². The smallest absolute Gasteiger partial charge is 0.242 e. The van der Waals surface area contributed by atoms with Crippen molar-refractivity contribution in [2.75, 3.05) is 32.7 Å². The monoisotopic (exact) mass is 399 g/mol. The second kappa shape index (κ2) is 9.50. The molecule has 1 saturated heterocycles. The third-order valence-electron chi connectivity index (χ3n) is 5.56. The third-order valence-corrected chi connectivity index (χ3v) is 5.56. The molecule has 7 nitrogen and oxygen atoms in total. The van der Waals surface area contributed by atoms with Crippen molar-refractivity contribution >= 4 is 5.91 Å². The summed E-state index contributed by atoms with van der Waals surface area (Å²) in [5, 5.41) is 4.09. The molecule has 0 aliphatic carbocycles. The molecule has 1 aliphatic heterocycles. The normalized spacial score (nSPS) is 17.3. The summed E-state index contributed by atoms with van der Waals surface area (Å²) in [6.07, 6.45) is 3.35. The first-order valence-electron chi connectivity index (χ1n) is 10.6. The molecule has 2 N–H and O–H groups in total. The summed E-state index contributed by atoms with van der Waals surface area (Å²) < 4.78 is 5.40. The Morgan fingerprint density at radius 3 is 2.55 bits per heavy atom. The van der Waals surface area contributed by atoms with Gasteiger partial charge in [-0.05, 0) is 33.2 Å². The Bertz CT molecular complexity index is 792. The molecule has 0 spiro atoms. The Balaban J connectivity index is 1.41. The van der Waals surface area contributed by atoms with Crippen molar-refractivity contribution < 1.29 is 9.32 Å². The van der Waals surface area contributed by atoms with Crippen LogP contribution in [-0.2, 0) is 11.2 Å². The van der Waals surface area contributed by atoms with E-state index in [9.17, 15) is 4.79 Å². The summed E-state index contributed by atoms with van der Waals surface area (Å²) in [4.78, 5) is 21.4. The largest absolute Gasteiger partial charge is 0.339 e. The second-order valence-electron chi connectivity index (χ2n) is 8.28. The topological polar surface area (TPSA) is 88.5 Å². The maximum atomic E-state index is 12.6. The van der Waals surface area contributed by atoms with Gasteiger partial charge >= 0.3 is 0 Å². The number of benzene rings is 1. The number of piperazine rings is 1. The van der Waals surface area contributed by atoms with Crippen LogP contribution in [0.25, 0.3) is 11.4 Å². The Morgan fingerprint density at radius 2 is 1.90 bits per heavy atom. The summed E-state index contributed by atoms with van der Waals surface area (Å²) in [5.41, 5.74) is 7.64. The quantitative estimate of drug-likeness (QED) is 0.734. The number of carbonyl (C=O) groups is 1. The van der Waals surface area contributed by atoms with Crippen LogP contribution in [0.5, 0.6) is 0 Å². The first-order valence-corrected chi connectivity index (χ1v) is 10.6. The van der Waals surface area contributed by atoms with Crippen molar-refractivity contribution in [3.8, 4) is 11.4 Å². The third kappa shape index (κ3) is 5.64. The van der Waals surface area contributed by atoms with E-state index in [1.54, 1.807) is 0 Å². The zero-order valence-electron chi connectivity index (χ0n) is 17.9. The van der Waals surface area contributed by atoms with E-state index in [4.69, 9.17) is 10.3 Å². The van der Waals surface area contributed by atoms with E-state index in [1.807, 2.05) is 36.1 Å². The van der Waals surface area contributed by atoms with Crippen LogP contribution < -0.4 is 5.73 Å². The Labute approximate surface area is 173 Å². The number of nitrogens with two attached hydrogens (primary N) is 1. The van der Waals surface area contributed by atoms with Gasteiger partial charge in [-0.1, -0.05) is 48.3 Å². The number of carbonyl (C=O) groups excluding carboxylic acids is 1. The van der Waals surface area contributed by atoms with Crippen molar-refractivity contribution in [3.63, 3.8) is 0 Å². The second-order valence-corrected chi connectivity index (χ2v) is 8.28. The highest BCUT2D eigenvalue weighted by Gasteiger charge is 2.33. The molecule has 2 aromatic rings. The van der Waals surface area contributed by atoms with Gasteiger partial charge in [0.15, 0.2) is 0 Å². The van der Waals surface area contributed by atoms with Crippen LogP contribution in [0, 0.1) is 6.92 Å². The molecular weight excluding hydrogens is 366 g/mol. The number of aromatic nitrogens is 2. The van der Waals surface area contributed by atoms with Gasteiger partial charge in [-0.15, -0.1) is 0 Å². The highest BCUT2D eigenvalue weighted by Crippen LogP contribution is 2.17. The molecule has 2 heterocycles. The average Bonchev–Trinajstić information content (AvgIpc) is 3.17. The summed E-state index contributed by atoms with van der Waals surface area (Å²) in [5.74, 6) is 1.39. The summed E-state index contributed by atoms with van der Waals surface area (Å²) in [6, 6.07) is 8.12. The zero-order chi connectivity index (χ0) is 20.9. The Kier molecular flexibility index (Phi) is 7.03. The molecule has 1 aromatic heterocycles.